The van der Waals surface area contributed by atoms with Crippen molar-refractivity contribution in [1.82, 2.24) is 0 Å². The fraction of sp³-hybridized carbons (Fsp3) is 0.231. The number of aromatic carboxylic acids is 1. The molecular weight excluding hydrogens is 282 g/mol. The summed E-state index contributed by atoms with van der Waals surface area (Å²) in [5.74, 6) is -1.29. The van der Waals surface area contributed by atoms with E-state index < -0.39 is 5.97 Å². The lowest BCUT2D eigenvalue weighted by molar-refractivity contribution is 0.0698. The molecule has 2 rings (SSSR count). The van der Waals surface area contributed by atoms with Gasteiger partial charge in [0, 0.05) is 9.75 Å². The summed E-state index contributed by atoms with van der Waals surface area (Å²) in [6.45, 7) is 5.71. The third-order valence-electron chi connectivity index (χ3n) is 2.70. The lowest BCUT2D eigenvalue weighted by Gasteiger charge is -2.01. The second kappa shape index (κ2) is 5.14. The zero-order valence-electron chi connectivity index (χ0n) is 10.7. The Kier molecular flexibility index (Phi) is 3.73. The Morgan fingerprint density at radius 1 is 1.16 bits per heavy atom. The second-order valence-corrected chi connectivity index (χ2v) is 6.72. The zero-order valence-corrected chi connectivity index (χ0v) is 12.4. The maximum atomic E-state index is 12.1. The normalized spacial score (nSPS) is 10.5. The molecule has 2 aromatic heterocycles. The Morgan fingerprint density at radius 2 is 1.84 bits per heavy atom. The van der Waals surface area contributed by atoms with Crippen molar-refractivity contribution in [2.75, 3.05) is 5.32 Å². The van der Waals surface area contributed by atoms with Crippen LogP contribution in [0.25, 0.3) is 0 Å². The fourth-order valence-corrected chi connectivity index (χ4v) is 3.44. The van der Waals surface area contributed by atoms with Crippen LogP contribution in [-0.4, -0.2) is 17.0 Å². The summed E-state index contributed by atoms with van der Waals surface area (Å²) >= 11 is 2.68. The molecule has 0 spiro atoms. The number of thiophene rings is 2. The molecule has 19 heavy (non-hydrogen) atoms. The minimum atomic E-state index is -1.03. The van der Waals surface area contributed by atoms with Crippen LogP contribution in [0.5, 0.6) is 0 Å². The van der Waals surface area contributed by atoms with E-state index in [4.69, 9.17) is 5.11 Å². The Hall–Kier alpha value is -1.66. The van der Waals surface area contributed by atoms with E-state index in [2.05, 4.69) is 5.32 Å². The molecule has 0 unspecified atom stereocenters. The van der Waals surface area contributed by atoms with Gasteiger partial charge in [0.1, 0.15) is 5.00 Å². The number of aryl methyl sites for hydroxylation is 3. The molecule has 0 fully saturated rings. The van der Waals surface area contributed by atoms with Crippen molar-refractivity contribution in [3.8, 4) is 0 Å². The molecule has 0 saturated heterocycles. The number of nitrogens with one attached hydrogen (secondary N) is 1. The Bertz CT molecular complexity index is 635. The lowest BCUT2D eigenvalue weighted by Crippen LogP contribution is -2.11. The quantitative estimate of drug-likeness (QED) is 0.907. The first-order chi connectivity index (χ1) is 8.88. The van der Waals surface area contributed by atoms with Crippen LogP contribution in [0.3, 0.4) is 0 Å². The summed E-state index contributed by atoms with van der Waals surface area (Å²) in [4.78, 5) is 25.7. The summed E-state index contributed by atoms with van der Waals surface area (Å²) in [7, 11) is 0. The van der Waals surface area contributed by atoms with E-state index in [-0.39, 0.29) is 11.5 Å². The predicted molar refractivity (Wildman–Crippen MR) is 77.8 cm³/mol. The van der Waals surface area contributed by atoms with Gasteiger partial charge in [-0.1, -0.05) is 0 Å². The van der Waals surface area contributed by atoms with Crippen LogP contribution in [-0.2, 0) is 0 Å². The summed E-state index contributed by atoms with van der Waals surface area (Å²) in [6, 6.07) is 3.38. The maximum absolute atomic E-state index is 12.1. The summed E-state index contributed by atoms with van der Waals surface area (Å²) in [5.41, 5.74) is 1.21. The lowest BCUT2D eigenvalue weighted by atomic mass is 10.2. The molecule has 1 amide bonds. The minimum Gasteiger partial charge on any atom is -0.478 e. The van der Waals surface area contributed by atoms with E-state index in [9.17, 15) is 9.59 Å². The summed E-state index contributed by atoms with van der Waals surface area (Å²) in [5, 5.41) is 12.1. The van der Waals surface area contributed by atoms with Crippen LogP contribution < -0.4 is 5.32 Å². The van der Waals surface area contributed by atoms with E-state index in [1.165, 1.54) is 22.7 Å². The molecule has 0 aliphatic carbocycles. The van der Waals surface area contributed by atoms with Gasteiger partial charge in [0.2, 0.25) is 0 Å². The Balaban J connectivity index is 2.26. The molecular formula is C13H13NO3S2. The van der Waals surface area contributed by atoms with Crippen molar-refractivity contribution >= 4 is 39.6 Å². The molecule has 2 aromatic rings. The molecule has 0 radical (unpaired) electrons. The number of hydrogen-bond acceptors (Lipinski definition) is 4. The number of rotatable bonds is 3. The van der Waals surface area contributed by atoms with Gasteiger partial charge in [-0.25, -0.2) is 4.79 Å². The van der Waals surface area contributed by atoms with E-state index in [1.807, 2.05) is 26.8 Å². The molecule has 0 aromatic carbocycles. The number of anilines is 1. The molecule has 0 bridgehead atoms. The van der Waals surface area contributed by atoms with Crippen molar-refractivity contribution in [2.24, 2.45) is 0 Å². The number of carboxylic acid groups (broad SMARTS) is 1. The van der Waals surface area contributed by atoms with Crippen LogP contribution in [0.2, 0.25) is 0 Å². The number of carboxylic acids is 1. The Morgan fingerprint density at radius 3 is 2.37 bits per heavy atom. The van der Waals surface area contributed by atoms with Gasteiger partial charge in [0.15, 0.2) is 0 Å². The van der Waals surface area contributed by atoms with Gasteiger partial charge >= 0.3 is 5.97 Å². The smallest absolute Gasteiger partial charge is 0.338 e. The number of amides is 1. The van der Waals surface area contributed by atoms with Crippen LogP contribution in [0.4, 0.5) is 5.00 Å². The maximum Gasteiger partial charge on any atom is 0.338 e. The highest BCUT2D eigenvalue weighted by molar-refractivity contribution is 7.17. The molecule has 2 N–H and O–H groups in total. The van der Waals surface area contributed by atoms with Crippen molar-refractivity contribution in [3.05, 3.63) is 37.9 Å². The van der Waals surface area contributed by atoms with Gasteiger partial charge in [-0.05, 0) is 38.5 Å². The van der Waals surface area contributed by atoms with E-state index in [1.54, 1.807) is 6.07 Å². The van der Waals surface area contributed by atoms with Crippen molar-refractivity contribution < 1.29 is 14.7 Å². The van der Waals surface area contributed by atoms with Gasteiger partial charge < -0.3 is 10.4 Å². The van der Waals surface area contributed by atoms with Crippen LogP contribution in [0.15, 0.2) is 12.1 Å². The highest BCUT2D eigenvalue weighted by Gasteiger charge is 2.18. The average molecular weight is 295 g/mol. The minimum absolute atomic E-state index is 0.140. The summed E-state index contributed by atoms with van der Waals surface area (Å²) in [6.07, 6.45) is 0. The fourth-order valence-electron chi connectivity index (χ4n) is 1.62. The van der Waals surface area contributed by atoms with Gasteiger partial charge in [0.05, 0.1) is 10.4 Å². The molecule has 6 heteroatoms. The molecule has 0 saturated carbocycles. The zero-order chi connectivity index (χ0) is 14.2. The van der Waals surface area contributed by atoms with Gasteiger partial charge in [0.25, 0.3) is 5.91 Å². The second-order valence-electron chi connectivity index (χ2n) is 4.21. The molecule has 4 nitrogen and oxygen atoms in total. The predicted octanol–water partition coefficient (Wildman–Crippen LogP) is 3.69. The molecule has 2 heterocycles. The van der Waals surface area contributed by atoms with E-state index >= 15 is 0 Å². The average Bonchev–Trinajstić information content (AvgIpc) is 2.83. The standard InChI is InChI=1S/C13H13NO3S2/c1-6-4-10(19-8(6)3)11(15)14-12-9(13(16)17)5-7(2)18-12/h4-5H,1-3H3,(H,14,15)(H,16,17). The molecule has 0 aliphatic heterocycles. The van der Waals surface area contributed by atoms with Crippen LogP contribution in [0.1, 0.15) is 35.3 Å². The molecule has 100 valence electrons. The highest BCUT2D eigenvalue weighted by atomic mass is 32.1. The first-order valence-electron chi connectivity index (χ1n) is 5.60. The van der Waals surface area contributed by atoms with E-state index in [0.29, 0.717) is 9.88 Å². The SMILES string of the molecule is Cc1cc(C(=O)O)c(NC(=O)c2cc(C)c(C)s2)s1. The Labute approximate surface area is 118 Å². The largest absolute Gasteiger partial charge is 0.478 e. The van der Waals surface area contributed by atoms with Gasteiger partial charge in [-0.15, -0.1) is 22.7 Å². The van der Waals surface area contributed by atoms with Crippen molar-refractivity contribution in [3.63, 3.8) is 0 Å². The topological polar surface area (TPSA) is 66.4 Å². The highest BCUT2D eigenvalue weighted by Crippen LogP contribution is 2.29. The number of carbonyl (C=O) groups is 2. The van der Waals surface area contributed by atoms with Crippen molar-refractivity contribution in [2.45, 2.75) is 20.8 Å². The van der Waals surface area contributed by atoms with Crippen molar-refractivity contribution in [1.29, 1.82) is 0 Å². The third kappa shape index (κ3) is 2.85. The van der Waals surface area contributed by atoms with Gasteiger partial charge in [-0.3, -0.25) is 4.79 Å². The molecule has 0 atom stereocenters. The van der Waals surface area contributed by atoms with Crippen LogP contribution >= 0.6 is 22.7 Å². The monoisotopic (exact) mass is 295 g/mol. The van der Waals surface area contributed by atoms with Gasteiger partial charge in [-0.2, -0.15) is 0 Å². The molecule has 0 aliphatic rings. The number of hydrogen-bond donors (Lipinski definition) is 2. The van der Waals surface area contributed by atoms with E-state index in [0.717, 1.165) is 15.3 Å². The third-order valence-corrected chi connectivity index (χ3v) is 4.82. The first-order valence-corrected chi connectivity index (χ1v) is 7.24. The first kappa shape index (κ1) is 13.8. The van der Waals surface area contributed by atoms with Crippen LogP contribution in [0, 0.1) is 20.8 Å². The summed E-state index contributed by atoms with van der Waals surface area (Å²) < 4.78 is 0. The number of carbonyl (C=O) groups excluding carboxylic acids is 1.